The van der Waals surface area contributed by atoms with Crippen LogP contribution in [0.1, 0.15) is 5.82 Å². The number of aromatic amines is 4. The van der Waals surface area contributed by atoms with Crippen LogP contribution in [0.25, 0.3) is 66.7 Å². The Kier molecular flexibility index (Phi) is 16.2. The maximum absolute atomic E-state index is 11.3. The lowest BCUT2D eigenvalue weighted by Gasteiger charge is -2.07. The van der Waals surface area contributed by atoms with Crippen molar-refractivity contribution in [2.75, 3.05) is 35.3 Å². The van der Waals surface area contributed by atoms with Crippen LogP contribution in [0.15, 0.2) is 116 Å². The molecule has 0 spiro atoms. The third-order valence-electron chi connectivity index (χ3n) is 11.1. The van der Waals surface area contributed by atoms with Gasteiger partial charge in [0.25, 0.3) is 0 Å². The molecule has 2 aromatic carbocycles. The molecule has 87 heavy (non-hydrogen) atoms. The molecule has 0 saturated carbocycles. The maximum Gasteiger partial charge on any atom is 0.343 e. The third kappa shape index (κ3) is 12.1. The van der Waals surface area contributed by atoms with E-state index in [4.69, 9.17) is 22.9 Å². The van der Waals surface area contributed by atoms with Gasteiger partial charge in [0.2, 0.25) is 34.7 Å². The monoisotopic (exact) mass is 1320 g/mol. The summed E-state index contributed by atoms with van der Waals surface area (Å²) in [5.74, 6) is 1.32. The number of nitrogens with zero attached hydrogens (tertiary/aromatic N) is 23. The third-order valence-corrected chi connectivity index (χ3v) is 16.2. The van der Waals surface area contributed by atoms with Crippen LogP contribution in [0.3, 0.4) is 0 Å². The zero-order chi connectivity index (χ0) is 61.0. The van der Waals surface area contributed by atoms with Gasteiger partial charge in [-0.15, -0.1) is 0 Å². The van der Waals surface area contributed by atoms with Crippen LogP contribution in [0.4, 0.5) is 46.5 Å². The number of nitrogen functional groups attached to an aromatic ring is 4. The standard InChI is InChI=1S/C11H6N8O3S.C11H5N7O3S.C10H9BrN8S.C10H9N9O2S/c12-11-15-9-8(13-3-14-9)10(16-11)23-5-2-1-4(19(20)21)6-7(5)18-22-17-6;19-18(20)5-1-2-6(8-7(5)16-21-17-8)22-11-9-10(13-3-12-9)14-4-15-11;1-3-16-6(12)4(11)8(17-3)20-9-5-7(15-2-14-5)18-10(13)19-9;1-12-7-5(19(20)21)9(16-3-15-7)22-8-4-6(14-2-13-4)17-10(11)18-8/h1-3H,(H3,12,13,14,15,16);1-4H,(H,12,13,14,15);2H,1H3,(H2,12,16,17)(H3,13,14,15,18,19);2-3H,1H3,(H,12,15,16)(H3,11,13,14,17,18). The minimum atomic E-state index is -0.553. The first-order chi connectivity index (χ1) is 42.0. The van der Waals surface area contributed by atoms with Crippen molar-refractivity contribution in [1.82, 2.24) is 120 Å². The Labute approximate surface area is 503 Å². The Morgan fingerprint density at radius 2 is 0.908 bits per heavy atom. The fourth-order valence-electron chi connectivity index (χ4n) is 7.43. The lowest BCUT2D eigenvalue weighted by atomic mass is 10.3. The van der Waals surface area contributed by atoms with Gasteiger partial charge in [0.1, 0.15) is 71.5 Å². The molecule has 40 nitrogen and oxygen atoms in total. The van der Waals surface area contributed by atoms with E-state index in [9.17, 15) is 30.3 Å². The number of benzene rings is 2. The summed E-state index contributed by atoms with van der Waals surface area (Å²) >= 11 is 8.14. The number of aryl methyl sites for hydroxylation is 1. The quantitative estimate of drug-likeness (QED) is 0.0394. The molecule has 0 amide bonds. The van der Waals surface area contributed by atoms with Crippen molar-refractivity contribution in [2.45, 2.75) is 46.9 Å². The number of nitro groups is 3. The van der Waals surface area contributed by atoms with Gasteiger partial charge in [0.15, 0.2) is 38.6 Å². The molecule has 0 saturated heterocycles. The fraction of sp³-hybridized carbons (Fsp3) is 0.0476. The molecule has 0 atom stereocenters. The molecule has 0 aliphatic carbocycles. The van der Waals surface area contributed by atoms with Crippen molar-refractivity contribution in [3.05, 3.63) is 103 Å². The van der Waals surface area contributed by atoms with Crippen LogP contribution in [-0.2, 0) is 0 Å². The number of fused-ring (bicyclic) bond motifs is 6. The smallest absolute Gasteiger partial charge is 0.343 e. The normalized spacial score (nSPS) is 11.1. The molecule has 12 aromatic heterocycles. The predicted molar refractivity (Wildman–Crippen MR) is 310 cm³/mol. The van der Waals surface area contributed by atoms with E-state index in [0.29, 0.717) is 101 Å². The van der Waals surface area contributed by atoms with Gasteiger partial charge in [-0.1, -0.05) is 23.5 Å². The number of rotatable bonds is 12. The van der Waals surface area contributed by atoms with Gasteiger partial charge in [-0.2, -0.15) is 15.0 Å². The molecule has 0 aliphatic heterocycles. The summed E-state index contributed by atoms with van der Waals surface area (Å²) in [6, 6.07) is 5.83. The van der Waals surface area contributed by atoms with Crippen LogP contribution in [0, 0.1) is 37.3 Å². The molecule has 14 aromatic rings. The summed E-state index contributed by atoms with van der Waals surface area (Å²) in [5.41, 5.74) is 27.3. The average Bonchev–Trinajstić information content (AvgIpc) is 4.56. The van der Waals surface area contributed by atoms with E-state index in [-0.39, 0.29) is 62.3 Å². The first kappa shape index (κ1) is 57.5. The summed E-state index contributed by atoms with van der Waals surface area (Å²) in [6.45, 7) is 1.77. The molecule has 0 fully saturated rings. The van der Waals surface area contributed by atoms with Crippen LogP contribution >= 0.6 is 63.0 Å². The molecular weight excluding hydrogens is 1290 g/mol. The number of nitro benzene ring substituents is 2. The van der Waals surface area contributed by atoms with Crippen LogP contribution in [0.5, 0.6) is 0 Å². The number of anilines is 5. The largest absolute Gasteiger partial charge is 0.383 e. The maximum atomic E-state index is 11.3. The van der Waals surface area contributed by atoms with E-state index in [1.54, 1.807) is 26.1 Å². The predicted octanol–water partition coefficient (Wildman–Crippen LogP) is 5.83. The number of nitrogens with one attached hydrogen (secondary N) is 5. The lowest BCUT2D eigenvalue weighted by Crippen LogP contribution is -2.03. The first-order valence-electron chi connectivity index (χ1n) is 23.5. The van der Waals surface area contributed by atoms with E-state index < -0.39 is 14.8 Å². The van der Waals surface area contributed by atoms with Gasteiger partial charge in [-0.05, 0) is 79.1 Å². The zero-order valence-corrected chi connectivity index (χ0v) is 48.0. The highest BCUT2D eigenvalue weighted by Gasteiger charge is 2.26. The summed E-state index contributed by atoms with van der Waals surface area (Å²) < 4.78 is 9.89. The Bertz CT molecular complexity index is 4960. The van der Waals surface area contributed by atoms with Gasteiger partial charge in [0.05, 0.1) is 44.6 Å². The molecule has 45 heteroatoms. The topological polar surface area (TPSA) is 593 Å². The summed E-state index contributed by atoms with van der Waals surface area (Å²) in [4.78, 5) is 110. The first-order valence-corrected chi connectivity index (χ1v) is 27.6. The summed E-state index contributed by atoms with van der Waals surface area (Å²) in [5, 5.41) is 53.5. The Morgan fingerprint density at radius 1 is 0.483 bits per heavy atom. The van der Waals surface area contributed by atoms with E-state index in [2.05, 4.69) is 151 Å². The van der Waals surface area contributed by atoms with Crippen molar-refractivity contribution in [2.24, 2.45) is 0 Å². The SMILES string of the molecule is CNc1ncnc(Sc2nc(N)nc3nc[nH]c23)c1[N+](=O)[O-].Cc1nc(N)c(Br)c(Sc2nc(N)nc3nc[nH]c23)n1.Nc1nc(Sc2ccc([N+](=O)[O-])c3nonc23)c2[nH]cnc2n1.O=[N+]([O-])c1ccc(Sc2ncnc3nc[nH]c23)c2nonc12. The second-order valence-corrected chi connectivity index (χ2v) is 21.2. The van der Waals surface area contributed by atoms with Crippen molar-refractivity contribution in [3.63, 3.8) is 0 Å². The van der Waals surface area contributed by atoms with Gasteiger partial charge >= 0.3 is 17.1 Å². The second kappa shape index (κ2) is 24.5. The second-order valence-electron chi connectivity index (χ2n) is 16.4. The summed E-state index contributed by atoms with van der Waals surface area (Å²) in [7, 11) is 1.54. The molecule has 14 rings (SSSR count). The lowest BCUT2D eigenvalue weighted by molar-refractivity contribution is -0.387. The van der Waals surface area contributed by atoms with E-state index in [0.717, 1.165) is 11.8 Å². The number of non-ortho nitro benzene ring substituents is 2. The summed E-state index contributed by atoms with van der Waals surface area (Å²) in [6.07, 6.45) is 8.61. The molecular formula is C42H29BrN32O8S4. The number of imidazole rings is 4. The average molecular weight is 1320 g/mol. The molecule has 13 N–H and O–H groups in total. The number of H-pyrrole nitrogens is 4. The number of halogens is 1. The van der Waals surface area contributed by atoms with Crippen molar-refractivity contribution < 1.29 is 24.0 Å². The van der Waals surface area contributed by atoms with Gasteiger partial charge in [-0.25, -0.2) is 74.0 Å². The Morgan fingerprint density at radius 3 is 1.39 bits per heavy atom. The Balaban J connectivity index is 0.000000120. The van der Waals surface area contributed by atoms with Crippen molar-refractivity contribution >= 4 is 176 Å². The van der Waals surface area contributed by atoms with Crippen LogP contribution < -0.4 is 28.3 Å². The van der Waals surface area contributed by atoms with Gasteiger partial charge in [-0.3, -0.25) is 30.3 Å². The fourth-order valence-corrected chi connectivity index (χ4v) is 11.6. The van der Waals surface area contributed by atoms with Crippen LogP contribution in [0.2, 0.25) is 0 Å². The number of aromatic nitrogens is 24. The highest BCUT2D eigenvalue weighted by molar-refractivity contribution is 9.10. The Hall–Kier alpha value is -11.3. The minimum absolute atomic E-state index is 0.0210. The van der Waals surface area contributed by atoms with E-state index in [1.807, 2.05) is 0 Å². The minimum Gasteiger partial charge on any atom is -0.383 e. The number of nitrogens with two attached hydrogens (primary N) is 4. The van der Waals surface area contributed by atoms with Gasteiger partial charge < -0.3 is 48.2 Å². The van der Waals surface area contributed by atoms with Gasteiger partial charge in [0, 0.05) is 29.0 Å². The van der Waals surface area contributed by atoms with E-state index in [1.165, 1.54) is 85.4 Å². The zero-order valence-electron chi connectivity index (χ0n) is 43.1. The molecule has 0 radical (unpaired) electrons. The van der Waals surface area contributed by atoms with E-state index >= 15 is 0 Å². The molecule has 0 bridgehead atoms. The number of hydrogen-bond acceptors (Lipinski definition) is 37. The van der Waals surface area contributed by atoms with Crippen molar-refractivity contribution in [3.8, 4) is 0 Å². The highest BCUT2D eigenvalue weighted by Crippen LogP contribution is 2.41. The van der Waals surface area contributed by atoms with Crippen LogP contribution in [-0.4, -0.2) is 142 Å². The number of hydrogen-bond donors (Lipinski definition) is 9. The molecule has 0 unspecified atom stereocenters. The van der Waals surface area contributed by atoms with Crippen molar-refractivity contribution in [1.29, 1.82) is 0 Å². The molecule has 0 aliphatic rings. The molecule has 436 valence electrons. The molecule has 12 heterocycles. The highest BCUT2D eigenvalue weighted by atomic mass is 79.9.